The fourth-order valence-corrected chi connectivity index (χ4v) is 4.01. The van der Waals surface area contributed by atoms with E-state index in [4.69, 9.17) is 5.73 Å². The molecule has 1 amide bonds. The summed E-state index contributed by atoms with van der Waals surface area (Å²) in [4.78, 5) is 12.4. The van der Waals surface area contributed by atoms with E-state index in [1.165, 1.54) is 12.1 Å². The van der Waals surface area contributed by atoms with Crippen molar-refractivity contribution >= 4 is 28.3 Å². The minimum absolute atomic E-state index is 0. The van der Waals surface area contributed by atoms with Crippen molar-refractivity contribution < 1.29 is 13.2 Å². The van der Waals surface area contributed by atoms with Crippen molar-refractivity contribution in [2.45, 2.75) is 62.6 Å². The number of hydrogen-bond donors (Lipinski definition) is 3. The first-order valence-electron chi connectivity index (χ1n) is 7.97. The van der Waals surface area contributed by atoms with E-state index < -0.39 is 10.0 Å². The van der Waals surface area contributed by atoms with Gasteiger partial charge in [0.25, 0.3) is 5.91 Å². The van der Waals surface area contributed by atoms with E-state index in [2.05, 4.69) is 10.0 Å². The summed E-state index contributed by atoms with van der Waals surface area (Å²) in [5.74, 6) is -0.243. The summed E-state index contributed by atoms with van der Waals surface area (Å²) in [6.07, 6.45) is 3.52. The quantitative estimate of drug-likeness (QED) is 0.730. The maximum Gasteiger partial charge on any atom is 0.251 e. The number of nitrogens with one attached hydrogen (secondary N) is 2. The normalized spacial score (nSPS) is 21.2. The minimum atomic E-state index is -3.60. The Bertz CT molecular complexity index is 656. The van der Waals surface area contributed by atoms with Gasteiger partial charge in [-0.05, 0) is 57.7 Å². The van der Waals surface area contributed by atoms with Gasteiger partial charge in [0.05, 0.1) is 4.90 Å². The van der Waals surface area contributed by atoms with Crippen LogP contribution in [0.5, 0.6) is 0 Å². The summed E-state index contributed by atoms with van der Waals surface area (Å²) in [6, 6.07) is 6.23. The molecule has 136 valence electrons. The van der Waals surface area contributed by atoms with Crippen molar-refractivity contribution in [3.63, 3.8) is 0 Å². The Morgan fingerprint density at radius 1 is 1.21 bits per heavy atom. The summed E-state index contributed by atoms with van der Waals surface area (Å²) in [5.41, 5.74) is 6.21. The molecule has 24 heavy (non-hydrogen) atoms. The maximum absolute atomic E-state index is 12.3. The van der Waals surface area contributed by atoms with Crippen molar-refractivity contribution in [2.24, 2.45) is 5.73 Å². The van der Waals surface area contributed by atoms with Crippen molar-refractivity contribution in [1.82, 2.24) is 10.0 Å². The van der Waals surface area contributed by atoms with E-state index in [-0.39, 0.29) is 41.3 Å². The van der Waals surface area contributed by atoms with Crippen molar-refractivity contribution in [3.8, 4) is 0 Å². The average Bonchev–Trinajstić information content (AvgIpc) is 2.48. The molecule has 0 bridgehead atoms. The lowest BCUT2D eigenvalue weighted by Gasteiger charge is -2.26. The number of carbonyl (C=O) groups is 1. The summed E-state index contributed by atoms with van der Waals surface area (Å²) in [6.45, 7) is 3.50. The van der Waals surface area contributed by atoms with E-state index in [1.807, 2.05) is 0 Å². The van der Waals surface area contributed by atoms with Gasteiger partial charge >= 0.3 is 0 Å². The van der Waals surface area contributed by atoms with E-state index in [0.717, 1.165) is 25.7 Å². The van der Waals surface area contributed by atoms with Crippen LogP contribution in [0.25, 0.3) is 0 Å². The van der Waals surface area contributed by atoms with E-state index in [0.29, 0.717) is 5.56 Å². The third-order valence-electron chi connectivity index (χ3n) is 3.90. The highest BCUT2D eigenvalue weighted by Crippen LogP contribution is 2.18. The largest absolute Gasteiger partial charge is 0.349 e. The molecular formula is C16H26ClN3O3S. The van der Waals surface area contributed by atoms with Crippen molar-refractivity contribution in [3.05, 3.63) is 29.8 Å². The molecule has 6 nitrogen and oxygen atoms in total. The minimum Gasteiger partial charge on any atom is -0.349 e. The lowest BCUT2D eigenvalue weighted by molar-refractivity contribution is 0.0925. The summed E-state index contributed by atoms with van der Waals surface area (Å²) in [5, 5.41) is 2.97. The fraction of sp³-hybridized carbons (Fsp3) is 0.562. The monoisotopic (exact) mass is 375 g/mol. The first-order chi connectivity index (χ1) is 10.8. The second-order valence-electron chi connectivity index (χ2n) is 6.39. The van der Waals surface area contributed by atoms with Gasteiger partial charge in [0.15, 0.2) is 0 Å². The zero-order valence-electron chi connectivity index (χ0n) is 14.0. The molecule has 1 aliphatic rings. The second-order valence-corrected chi connectivity index (χ2v) is 8.10. The lowest BCUT2D eigenvalue weighted by Crippen LogP contribution is -2.40. The number of carbonyl (C=O) groups excluding carboxylic acids is 1. The molecule has 8 heteroatoms. The van der Waals surface area contributed by atoms with Crippen LogP contribution in [-0.2, 0) is 10.0 Å². The second kappa shape index (κ2) is 8.80. The van der Waals surface area contributed by atoms with Gasteiger partial charge in [-0.2, -0.15) is 0 Å². The Balaban J connectivity index is 0.00000288. The number of amides is 1. The van der Waals surface area contributed by atoms with Gasteiger partial charge in [-0.15, -0.1) is 12.4 Å². The summed E-state index contributed by atoms with van der Waals surface area (Å²) < 4.78 is 26.9. The highest BCUT2D eigenvalue weighted by Gasteiger charge is 2.22. The first-order valence-corrected chi connectivity index (χ1v) is 9.45. The highest BCUT2D eigenvalue weighted by atomic mass is 35.5. The van der Waals surface area contributed by atoms with Gasteiger partial charge in [-0.1, -0.05) is 6.07 Å². The zero-order valence-corrected chi connectivity index (χ0v) is 15.6. The molecule has 1 fully saturated rings. The Morgan fingerprint density at radius 3 is 2.42 bits per heavy atom. The Hall–Kier alpha value is -1.15. The van der Waals surface area contributed by atoms with Crippen LogP contribution in [0.4, 0.5) is 0 Å². The Kier molecular flexibility index (Phi) is 7.66. The Labute approximate surface area is 150 Å². The van der Waals surface area contributed by atoms with Crippen LogP contribution in [0.1, 0.15) is 49.9 Å². The van der Waals surface area contributed by atoms with Gasteiger partial charge in [0, 0.05) is 23.7 Å². The van der Waals surface area contributed by atoms with Gasteiger partial charge < -0.3 is 11.1 Å². The zero-order chi connectivity index (χ0) is 17.0. The van der Waals surface area contributed by atoms with Crippen LogP contribution in [0.2, 0.25) is 0 Å². The molecule has 1 saturated carbocycles. The number of sulfonamides is 1. The average molecular weight is 376 g/mol. The van der Waals surface area contributed by atoms with Crippen LogP contribution in [0.15, 0.2) is 29.2 Å². The maximum atomic E-state index is 12.3. The molecule has 1 aromatic rings. The highest BCUT2D eigenvalue weighted by molar-refractivity contribution is 7.89. The Morgan fingerprint density at radius 2 is 1.83 bits per heavy atom. The molecule has 0 aromatic heterocycles. The molecule has 0 spiro atoms. The molecule has 0 saturated heterocycles. The summed E-state index contributed by atoms with van der Waals surface area (Å²) >= 11 is 0. The molecular weight excluding hydrogens is 350 g/mol. The van der Waals surface area contributed by atoms with Crippen molar-refractivity contribution in [2.75, 3.05) is 0 Å². The molecule has 4 N–H and O–H groups in total. The lowest BCUT2D eigenvalue weighted by atomic mass is 9.91. The predicted molar refractivity (Wildman–Crippen MR) is 96.8 cm³/mol. The van der Waals surface area contributed by atoms with Gasteiger partial charge in [-0.3, -0.25) is 4.79 Å². The number of nitrogens with two attached hydrogens (primary N) is 1. The molecule has 0 aliphatic heterocycles. The van der Waals surface area contributed by atoms with Crippen LogP contribution >= 0.6 is 12.4 Å². The molecule has 0 radical (unpaired) electrons. The third kappa shape index (κ3) is 5.73. The van der Waals surface area contributed by atoms with Crippen LogP contribution < -0.4 is 15.8 Å². The van der Waals surface area contributed by atoms with Crippen molar-refractivity contribution in [1.29, 1.82) is 0 Å². The smallest absolute Gasteiger partial charge is 0.251 e. The number of hydrogen-bond acceptors (Lipinski definition) is 4. The molecule has 0 atom stereocenters. The molecule has 0 unspecified atom stereocenters. The van der Waals surface area contributed by atoms with Crippen LogP contribution in [0, 0.1) is 0 Å². The van der Waals surface area contributed by atoms with Gasteiger partial charge in [-0.25, -0.2) is 13.1 Å². The van der Waals surface area contributed by atoms with Crippen LogP contribution in [0.3, 0.4) is 0 Å². The first kappa shape index (κ1) is 20.9. The number of halogens is 1. The van der Waals surface area contributed by atoms with E-state index in [1.54, 1.807) is 26.0 Å². The van der Waals surface area contributed by atoms with E-state index in [9.17, 15) is 13.2 Å². The predicted octanol–water partition coefficient (Wildman–Crippen LogP) is 1.79. The third-order valence-corrected chi connectivity index (χ3v) is 5.56. The van der Waals surface area contributed by atoms with Gasteiger partial charge in [0.2, 0.25) is 10.0 Å². The number of rotatable bonds is 5. The SMILES string of the molecule is CC(C)NS(=O)(=O)c1cccc(C(=O)NC2CCC(N)CC2)c1.Cl. The number of benzene rings is 1. The summed E-state index contributed by atoms with van der Waals surface area (Å²) in [7, 11) is -3.60. The molecule has 0 heterocycles. The standard InChI is InChI=1S/C16H25N3O3S.ClH/c1-11(2)19-23(21,22)15-5-3-4-12(10-15)16(20)18-14-8-6-13(17)7-9-14;/h3-5,10-11,13-14,19H,6-9,17H2,1-2H3,(H,18,20);1H. The van der Waals surface area contributed by atoms with E-state index >= 15 is 0 Å². The molecule has 2 rings (SSSR count). The fourth-order valence-electron chi connectivity index (χ4n) is 2.72. The topological polar surface area (TPSA) is 101 Å². The molecule has 1 aromatic carbocycles. The molecule has 1 aliphatic carbocycles. The van der Waals surface area contributed by atoms with Gasteiger partial charge in [0.1, 0.15) is 0 Å². The van der Waals surface area contributed by atoms with Crippen LogP contribution in [-0.4, -0.2) is 32.5 Å².